The van der Waals surface area contributed by atoms with Gasteiger partial charge in [0.1, 0.15) is 12.2 Å². The van der Waals surface area contributed by atoms with E-state index in [4.69, 9.17) is 0 Å². The molecule has 0 spiro atoms. The second-order valence-corrected chi connectivity index (χ2v) is 5.68. The Morgan fingerprint density at radius 1 is 1.50 bits per heavy atom. The van der Waals surface area contributed by atoms with E-state index >= 15 is 0 Å². The number of hydrogen-bond donors (Lipinski definition) is 1. The van der Waals surface area contributed by atoms with Crippen molar-refractivity contribution in [1.29, 1.82) is 0 Å². The normalized spacial score (nSPS) is 21.7. The van der Waals surface area contributed by atoms with Crippen LogP contribution >= 0.6 is 0 Å². The monoisotopic (exact) mass is 252 g/mol. The molecule has 0 amide bonds. The highest BCUT2D eigenvalue weighted by atomic mass is 16.3. The van der Waals surface area contributed by atoms with Crippen molar-refractivity contribution in [2.75, 3.05) is 19.7 Å². The van der Waals surface area contributed by atoms with Crippen LogP contribution in [0.5, 0.6) is 0 Å². The third-order valence-corrected chi connectivity index (χ3v) is 3.46. The summed E-state index contributed by atoms with van der Waals surface area (Å²) in [4.78, 5) is 6.74. The Kier molecular flexibility index (Phi) is 4.72. The Morgan fingerprint density at radius 3 is 3.06 bits per heavy atom. The fourth-order valence-corrected chi connectivity index (χ4v) is 2.55. The molecular formula is C13H24N4O. The summed E-state index contributed by atoms with van der Waals surface area (Å²) in [5.41, 5.74) is 0. The SMILES string of the molecule is CC(C)Cn1ncnc1CN1CCCC(CO)C1. The van der Waals surface area contributed by atoms with Crippen LogP contribution in [0.2, 0.25) is 0 Å². The van der Waals surface area contributed by atoms with Gasteiger partial charge in [0.25, 0.3) is 0 Å². The maximum atomic E-state index is 9.25. The van der Waals surface area contributed by atoms with Crippen LogP contribution in [0.3, 0.4) is 0 Å². The summed E-state index contributed by atoms with van der Waals surface area (Å²) < 4.78 is 2.01. The van der Waals surface area contributed by atoms with Crippen molar-refractivity contribution in [3.8, 4) is 0 Å². The summed E-state index contributed by atoms with van der Waals surface area (Å²) in [6.45, 7) is 8.53. The number of aliphatic hydroxyl groups is 1. The van der Waals surface area contributed by atoms with Gasteiger partial charge in [0.2, 0.25) is 0 Å². The van der Waals surface area contributed by atoms with Crippen LogP contribution in [0.1, 0.15) is 32.5 Å². The van der Waals surface area contributed by atoms with E-state index in [0.717, 1.165) is 38.4 Å². The Balaban J connectivity index is 1.94. The summed E-state index contributed by atoms with van der Waals surface area (Å²) in [5.74, 6) is 2.06. The van der Waals surface area contributed by atoms with Gasteiger partial charge in [-0.1, -0.05) is 13.8 Å². The van der Waals surface area contributed by atoms with E-state index < -0.39 is 0 Å². The van der Waals surface area contributed by atoms with Crippen LogP contribution in [0.15, 0.2) is 6.33 Å². The first-order valence-corrected chi connectivity index (χ1v) is 6.89. The van der Waals surface area contributed by atoms with Crippen molar-refractivity contribution >= 4 is 0 Å². The Bertz CT molecular complexity index is 364. The zero-order valence-corrected chi connectivity index (χ0v) is 11.4. The zero-order chi connectivity index (χ0) is 13.0. The van der Waals surface area contributed by atoms with E-state index in [2.05, 4.69) is 28.8 Å². The smallest absolute Gasteiger partial charge is 0.141 e. The second-order valence-electron chi connectivity index (χ2n) is 5.68. The van der Waals surface area contributed by atoms with Crippen molar-refractivity contribution in [3.05, 3.63) is 12.2 Å². The van der Waals surface area contributed by atoms with Crippen molar-refractivity contribution in [2.24, 2.45) is 11.8 Å². The predicted molar refractivity (Wildman–Crippen MR) is 69.9 cm³/mol. The van der Waals surface area contributed by atoms with Crippen LogP contribution < -0.4 is 0 Å². The highest BCUT2D eigenvalue weighted by Crippen LogP contribution is 2.17. The minimum atomic E-state index is 0.301. The molecule has 1 aliphatic rings. The molecule has 0 aliphatic carbocycles. The molecule has 1 aliphatic heterocycles. The van der Waals surface area contributed by atoms with Gasteiger partial charge in [0, 0.05) is 19.7 Å². The molecule has 5 nitrogen and oxygen atoms in total. The zero-order valence-electron chi connectivity index (χ0n) is 11.4. The van der Waals surface area contributed by atoms with E-state index in [1.54, 1.807) is 6.33 Å². The van der Waals surface area contributed by atoms with Gasteiger partial charge in [0.05, 0.1) is 6.54 Å². The van der Waals surface area contributed by atoms with Gasteiger partial charge in [-0.2, -0.15) is 5.10 Å². The third-order valence-electron chi connectivity index (χ3n) is 3.46. The molecule has 2 heterocycles. The first-order valence-electron chi connectivity index (χ1n) is 6.89. The minimum Gasteiger partial charge on any atom is -0.396 e. The molecule has 1 saturated heterocycles. The maximum Gasteiger partial charge on any atom is 0.141 e. The maximum absolute atomic E-state index is 9.25. The number of aromatic nitrogens is 3. The molecule has 0 saturated carbocycles. The minimum absolute atomic E-state index is 0.301. The highest BCUT2D eigenvalue weighted by molar-refractivity contribution is 4.86. The van der Waals surface area contributed by atoms with Gasteiger partial charge in [0.15, 0.2) is 0 Å². The molecule has 18 heavy (non-hydrogen) atoms. The lowest BCUT2D eigenvalue weighted by Gasteiger charge is -2.31. The van der Waals surface area contributed by atoms with Crippen LogP contribution in [-0.4, -0.2) is 44.5 Å². The summed E-state index contributed by atoms with van der Waals surface area (Å²) >= 11 is 0. The van der Waals surface area contributed by atoms with Crippen molar-refractivity contribution < 1.29 is 5.11 Å². The molecule has 1 fully saturated rings. The molecule has 0 aromatic carbocycles. The first kappa shape index (κ1) is 13.5. The fourth-order valence-electron chi connectivity index (χ4n) is 2.55. The summed E-state index contributed by atoms with van der Waals surface area (Å²) in [6.07, 6.45) is 3.96. The molecule has 1 aromatic heterocycles. The first-order chi connectivity index (χ1) is 8.69. The molecular weight excluding hydrogens is 228 g/mol. The largest absolute Gasteiger partial charge is 0.396 e. The number of piperidine rings is 1. The fraction of sp³-hybridized carbons (Fsp3) is 0.846. The standard InChI is InChI=1S/C13H24N4O/c1-11(2)6-17-13(14-10-15-17)8-16-5-3-4-12(7-16)9-18/h10-12,18H,3-9H2,1-2H3. The lowest BCUT2D eigenvalue weighted by atomic mass is 9.99. The van der Waals surface area contributed by atoms with E-state index in [0.29, 0.717) is 18.4 Å². The van der Waals surface area contributed by atoms with E-state index in [1.807, 2.05) is 4.68 Å². The molecule has 2 rings (SSSR count). The second kappa shape index (κ2) is 6.29. The van der Waals surface area contributed by atoms with Crippen molar-refractivity contribution in [2.45, 2.75) is 39.8 Å². The van der Waals surface area contributed by atoms with E-state index in [-0.39, 0.29) is 0 Å². The molecule has 0 radical (unpaired) electrons. The number of nitrogens with zero attached hydrogens (tertiary/aromatic N) is 4. The predicted octanol–water partition coefficient (Wildman–Crippen LogP) is 1.14. The van der Waals surface area contributed by atoms with Gasteiger partial charge in [-0.15, -0.1) is 0 Å². The Hall–Kier alpha value is -0.940. The van der Waals surface area contributed by atoms with Crippen LogP contribution in [0.25, 0.3) is 0 Å². The summed E-state index contributed by atoms with van der Waals surface area (Å²) in [6, 6.07) is 0. The van der Waals surface area contributed by atoms with Crippen LogP contribution in [-0.2, 0) is 13.1 Å². The average Bonchev–Trinajstić information content (AvgIpc) is 2.76. The molecule has 102 valence electrons. The van der Waals surface area contributed by atoms with Gasteiger partial charge < -0.3 is 5.11 Å². The molecule has 1 atom stereocenters. The number of likely N-dealkylation sites (tertiary alicyclic amines) is 1. The number of aliphatic hydroxyl groups excluding tert-OH is 1. The lowest BCUT2D eigenvalue weighted by Crippen LogP contribution is -2.37. The quantitative estimate of drug-likeness (QED) is 0.854. The Labute approximate surface area is 109 Å². The van der Waals surface area contributed by atoms with E-state index in [1.165, 1.54) is 6.42 Å². The van der Waals surface area contributed by atoms with Gasteiger partial charge in [-0.05, 0) is 31.2 Å². The van der Waals surface area contributed by atoms with Gasteiger partial charge >= 0.3 is 0 Å². The van der Waals surface area contributed by atoms with Crippen molar-refractivity contribution in [3.63, 3.8) is 0 Å². The van der Waals surface area contributed by atoms with E-state index in [9.17, 15) is 5.11 Å². The average molecular weight is 252 g/mol. The van der Waals surface area contributed by atoms with Gasteiger partial charge in [-0.3, -0.25) is 4.90 Å². The molecule has 1 N–H and O–H groups in total. The molecule has 1 aromatic rings. The third kappa shape index (κ3) is 3.53. The van der Waals surface area contributed by atoms with Crippen LogP contribution in [0, 0.1) is 11.8 Å². The number of rotatable bonds is 5. The molecule has 1 unspecified atom stereocenters. The number of hydrogen-bond acceptors (Lipinski definition) is 4. The topological polar surface area (TPSA) is 54.2 Å². The molecule has 5 heteroatoms. The highest BCUT2D eigenvalue weighted by Gasteiger charge is 2.20. The summed E-state index contributed by atoms with van der Waals surface area (Å²) in [5, 5.41) is 13.5. The molecule has 0 bridgehead atoms. The van der Waals surface area contributed by atoms with Crippen molar-refractivity contribution in [1.82, 2.24) is 19.7 Å². The Morgan fingerprint density at radius 2 is 2.33 bits per heavy atom. The van der Waals surface area contributed by atoms with Crippen LogP contribution in [0.4, 0.5) is 0 Å². The van der Waals surface area contributed by atoms with Gasteiger partial charge in [-0.25, -0.2) is 9.67 Å². The summed E-state index contributed by atoms with van der Waals surface area (Å²) in [7, 11) is 0. The lowest BCUT2D eigenvalue weighted by molar-refractivity contribution is 0.112.